The van der Waals surface area contributed by atoms with Crippen LogP contribution in [0.1, 0.15) is 33.6 Å². The van der Waals surface area contributed by atoms with Gasteiger partial charge in [0, 0.05) is 12.0 Å². The molecule has 0 bridgehead atoms. The Morgan fingerprint density at radius 1 is 1.07 bits per heavy atom. The van der Waals surface area contributed by atoms with Crippen molar-refractivity contribution in [3.63, 3.8) is 0 Å². The smallest absolute Gasteiger partial charge is 0.155 e. The molecular weight excluding hydrogens is 179 g/mol. The SMILES string of the molecule is CCC(CC)C(C(C)NC)C(F)NC. The zero-order chi connectivity index (χ0) is 11.1. The molecule has 0 aromatic carbocycles. The van der Waals surface area contributed by atoms with E-state index < -0.39 is 6.30 Å². The fraction of sp³-hybridized carbons (Fsp3) is 1.00. The summed E-state index contributed by atoms with van der Waals surface area (Å²) in [6.07, 6.45) is 1.16. The Hall–Kier alpha value is -0.150. The summed E-state index contributed by atoms with van der Waals surface area (Å²) in [5.74, 6) is 0.500. The monoisotopic (exact) mass is 204 g/mol. The first-order valence-corrected chi connectivity index (χ1v) is 5.60. The molecule has 0 radical (unpaired) electrons. The van der Waals surface area contributed by atoms with Crippen LogP contribution in [-0.4, -0.2) is 26.4 Å². The van der Waals surface area contributed by atoms with Gasteiger partial charge in [0.2, 0.25) is 0 Å². The van der Waals surface area contributed by atoms with Gasteiger partial charge < -0.3 is 5.32 Å². The normalized spacial score (nSPS) is 18.2. The van der Waals surface area contributed by atoms with Crippen LogP contribution in [0.5, 0.6) is 0 Å². The lowest BCUT2D eigenvalue weighted by atomic mass is 9.82. The number of hydrogen-bond acceptors (Lipinski definition) is 2. The van der Waals surface area contributed by atoms with Crippen molar-refractivity contribution in [2.45, 2.75) is 46.0 Å². The molecule has 0 aliphatic rings. The van der Waals surface area contributed by atoms with Gasteiger partial charge in [0.1, 0.15) is 0 Å². The number of alkyl halides is 1. The maximum atomic E-state index is 13.7. The van der Waals surface area contributed by atoms with Gasteiger partial charge in [0.25, 0.3) is 0 Å². The molecule has 2 N–H and O–H groups in total. The summed E-state index contributed by atoms with van der Waals surface area (Å²) >= 11 is 0. The van der Waals surface area contributed by atoms with E-state index in [4.69, 9.17) is 0 Å². The van der Waals surface area contributed by atoms with Crippen LogP contribution in [0.25, 0.3) is 0 Å². The summed E-state index contributed by atoms with van der Waals surface area (Å²) < 4.78 is 13.7. The van der Waals surface area contributed by atoms with E-state index >= 15 is 0 Å². The Kier molecular flexibility index (Phi) is 7.11. The van der Waals surface area contributed by atoms with Gasteiger partial charge in [-0.25, -0.2) is 4.39 Å². The molecular formula is C11H25FN2. The van der Waals surface area contributed by atoms with Crippen LogP contribution in [0, 0.1) is 11.8 Å². The average Bonchev–Trinajstić information content (AvgIpc) is 2.23. The van der Waals surface area contributed by atoms with Crippen molar-refractivity contribution in [2.24, 2.45) is 11.8 Å². The second kappa shape index (κ2) is 7.18. The van der Waals surface area contributed by atoms with Crippen molar-refractivity contribution < 1.29 is 4.39 Å². The van der Waals surface area contributed by atoms with Gasteiger partial charge in [-0.05, 0) is 26.9 Å². The van der Waals surface area contributed by atoms with Gasteiger partial charge >= 0.3 is 0 Å². The zero-order valence-electron chi connectivity index (χ0n) is 10.1. The van der Waals surface area contributed by atoms with Crippen LogP contribution in [0.2, 0.25) is 0 Å². The standard InChI is InChI=1S/C11H25FN2/c1-6-9(7-2)10(8(3)13-4)11(12)14-5/h8-11,13-14H,6-7H2,1-5H3. The second-order valence-corrected chi connectivity index (χ2v) is 3.92. The fourth-order valence-electron chi connectivity index (χ4n) is 2.12. The van der Waals surface area contributed by atoms with Gasteiger partial charge in [0.15, 0.2) is 6.30 Å². The number of halogens is 1. The maximum Gasteiger partial charge on any atom is 0.155 e. The maximum absolute atomic E-state index is 13.7. The first kappa shape index (κ1) is 13.8. The van der Waals surface area contributed by atoms with Crippen molar-refractivity contribution in [3.8, 4) is 0 Å². The lowest BCUT2D eigenvalue weighted by Gasteiger charge is -2.33. The quantitative estimate of drug-likeness (QED) is 0.621. The van der Waals surface area contributed by atoms with Crippen molar-refractivity contribution in [1.29, 1.82) is 0 Å². The van der Waals surface area contributed by atoms with E-state index in [0.717, 1.165) is 12.8 Å². The van der Waals surface area contributed by atoms with Crippen molar-refractivity contribution >= 4 is 0 Å². The molecule has 2 nitrogen and oxygen atoms in total. The van der Waals surface area contributed by atoms with Crippen molar-refractivity contribution in [3.05, 3.63) is 0 Å². The highest BCUT2D eigenvalue weighted by Gasteiger charge is 2.30. The lowest BCUT2D eigenvalue weighted by molar-refractivity contribution is 0.104. The third-order valence-electron chi connectivity index (χ3n) is 3.24. The van der Waals surface area contributed by atoms with E-state index in [9.17, 15) is 4.39 Å². The van der Waals surface area contributed by atoms with Gasteiger partial charge in [-0.3, -0.25) is 5.32 Å². The summed E-state index contributed by atoms with van der Waals surface area (Å²) in [6, 6.07) is 0.211. The summed E-state index contributed by atoms with van der Waals surface area (Å²) in [6.45, 7) is 6.31. The van der Waals surface area contributed by atoms with Crippen LogP contribution in [0.15, 0.2) is 0 Å². The molecule has 0 fully saturated rings. The Balaban J connectivity index is 4.51. The molecule has 0 heterocycles. The topological polar surface area (TPSA) is 24.1 Å². The first-order valence-electron chi connectivity index (χ1n) is 5.60. The molecule has 0 rings (SSSR count). The molecule has 3 heteroatoms. The van der Waals surface area contributed by atoms with E-state index in [0.29, 0.717) is 5.92 Å². The largest absolute Gasteiger partial charge is 0.317 e. The summed E-state index contributed by atoms with van der Waals surface area (Å²) in [5, 5.41) is 5.87. The van der Waals surface area contributed by atoms with Crippen molar-refractivity contribution in [1.82, 2.24) is 10.6 Å². The van der Waals surface area contributed by atoms with Crippen LogP contribution in [0.3, 0.4) is 0 Å². The Bertz CT molecular complexity index is 127. The second-order valence-electron chi connectivity index (χ2n) is 3.92. The molecule has 0 spiro atoms. The van der Waals surface area contributed by atoms with Gasteiger partial charge in [-0.2, -0.15) is 0 Å². The summed E-state index contributed by atoms with van der Waals surface area (Å²) in [4.78, 5) is 0. The number of hydrogen-bond donors (Lipinski definition) is 2. The van der Waals surface area contributed by atoms with E-state index in [1.54, 1.807) is 7.05 Å². The molecule has 14 heavy (non-hydrogen) atoms. The van der Waals surface area contributed by atoms with E-state index in [1.165, 1.54) is 0 Å². The first-order chi connectivity index (χ1) is 6.62. The van der Waals surface area contributed by atoms with Gasteiger partial charge in [-0.15, -0.1) is 0 Å². The summed E-state index contributed by atoms with van der Waals surface area (Å²) in [5.41, 5.74) is 0. The zero-order valence-corrected chi connectivity index (χ0v) is 10.1. The highest BCUT2D eigenvalue weighted by Crippen LogP contribution is 2.26. The highest BCUT2D eigenvalue weighted by atomic mass is 19.1. The number of rotatable bonds is 7. The molecule has 0 aliphatic carbocycles. The van der Waals surface area contributed by atoms with E-state index in [2.05, 4.69) is 24.5 Å². The molecule has 0 aliphatic heterocycles. The molecule has 3 atom stereocenters. The third-order valence-corrected chi connectivity index (χ3v) is 3.24. The minimum absolute atomic E-state index is 0.0556. The van der Waals surface area contributed by atoms with Gasteiger partial charge in [0.05, 0.1) is 0 Å². The summed E-state index contributed by atoms with van der Waals surface area (Å²) in [7, 11) is 3.57. The Morgan fingerprint density at radius 3 is 1.86 bits per heavy atom. The molecule has 0 aromatic rings. The molecule has 0 amide bonds. The average molecular weight is 204 g/mol. The molecule has 0 saturated heterocycles. The fourth-order valence-corrected chi connectivity index (χ4v) is 2.12. The predicted octanol–water partition coefficient (Wildman–Crippen LogP) is 2.16. The van der Waals surface area contributed by atoms with Crippen LogP contribution < -0.4 is 10.6 Å². The minimum atomic E-state index is -0.914. The molecule has 0 saturated carbocycles. The lowest BCUT2D eigenvalue weighted by Crippen LogP contribution is -2.45. The van der Waals surface area contributed by atoms with Crippen LogP contribution >= 0.6 is 0 Å². The minimum Gasteiger partial charge on any atom is -0.317 e. The third kappa shape index (κ3) is 3.54. The van der Waals surface area contributed by atoms with Crippen LogP contribution in [0.4, 0.5) is 4.39 Å². The predicted molar refractivity (Wildman–Crippen MR) is 60.0 cm³/mol. The molecule has 86 valence electrons. The molecule has 0 aromatic heterocycles. The number of nitrogens with one attached hydrogen (secondary N) is 2. The van der Waals surface area contributed by atoms with E-state index in [-0.39, 0.29) is 12.0 Å². The van der Waals surface area contributed by atoms with E-state index in [1.807, 2.05) is 14.0 Å². The van der Waals surface area contributed by atoms with Crippen molar-refractivity contribution in [2.75, 3.05) is 14.1 Å². The molecule has 3 unspecified atom stereocenters. The highest BCUT2D eigenvalue weighted by molar-refractivity contribution is 4.81. The van der Waals surface area contributed by atoms with Crippen LogP contribution in [-0.2, 0) is 0 Å². The Morgan fingerprint density at radius 2 is 1.57 bits per heavy atom. The van der Waals surface area contributed by atoms with Gasteiger partial charge in [-0.1, -0.05) is 26.7 Å². The Labute approximate surface area is 87.7 Å².